The molecule has 2 amide bonds. The number of fused-ring (bicyclic) bond motifs is 5. The van der Waals surface area contributed by atoms with E-state index in [0.29, 0.717) is 17.0 Å². The van der Waals surface area contributed by atoms with Gasteiger partial charge in [0.1, 0.15) is 5.75 Å². The predicted octanol–water partition coefficient (Wildman–Crippen LogP) is 3.65. The average molecular weight is 387 g/mol. The third kappa shape index (κ3) is 2.72. The van der Waals surface area contributed by atoms with Crippen molar-refractivity contribution in [3.05, 3.63) is 72.3 Å². The van der Waals surface area contributed by atoms with Gasteiger partial charge in [0.05, 0.1) is 17.5 Å². The average Bonchev–Trinajstić information content (AvgIpc) is 3.42. The van der Waals surface area contributed by atoms with E-state index in [1.807, 2.05) is 6.07 Å². The Balaban J connectivity index is 1.43. The Labute approximate surface area is 169 Å². The zero-order chi connectivity index (χ0) is 20.1. The van der Waals surface area contributed by atoms with E-state index in [9.17, 15) is 14.4 Å². The summed E-state index contributed by atoms with van der Waals surface area (Å²) in [6.07, 6.45) is 4.29. The Bertz CT molecular complexity index is 998. The third-order valence-electron chi connectivity index (χ3n) is 6.31. The number of anilines is 1. The Morgan fingerprint density at radius 1 is 0.931 bits per heavy atom. The Morgan fingerprint density at radius 2 is 1.52 bits per heavy atom. The molecule has 5 atom stereocenters. The molecule has 5 rings (SSSR count). The van der Waals surface area contributed by atoms with Gasteiger partial charge in [-0.05, 0) is 37.3 Å². The second-order valence-electron chi connectivity index (χ2n) is 7.97. The molecule has 2 aromatic rings. The molecular weight excluding hydrogens is 366 g/mol. The molecule has 146 valence electrons. The number of hydrogen-bond donors (Lipinski definition) is 0. The van der Waals surface area contributed by atoms with Gasteiger partial charge in [-0.25, -0.2) is 4.90 Å². The first kappa shape index (κ1) is 17.9. The molecule has 0 radical (unpaired) electrons. The van der Waals surface area contributed by atoms with Crippen molar-refractivity contribution >= 4 is 23.3 Å². The molecule has 0 unspecified atom stereocenters. The maximum atomic E-state index is 13.1. The van der Waals surface area contributed by atoms with Crippen molar-refractivity contribution in [1.29, 1.82) is 0 Å². The maximum Gasteiger partial charge on any atom is 0.238 e. The number of benzene rings is 2. The summed E-state index contributed by atoms with van der Waals surface area (Å²) in [5, 5.41) is 0. The molecular formula is C24H21NO4. The van der Waals surface area contributed by atoms with E-state index in [2.05, 4.69) is 12.2 Å². The number of nitrogens with zero attached hydrogens (tertiary/aromatic N) is 1. The van der Waals surface area contributed by atoms with Gasteiger partial charge in [-0.3, -0.25) is 14.4 Å². The van der Waals surface area contributed by atoms with E-state index in [0.717, 1.165) is 6.42 Å². The quantitative estimate of drug-likeness (QED) is 0.446. The molecule has 5 nitrogen and oxygen atoms in total. The van der Waals surface area contributed by atoms with Gasteiger partial charge in [0, 0.05) is 5.56 Å². The number of imide groups is 1. The molecule has 1 saturated heterocycles. The lowest BCUT2D eigenvalue weighted by Crippen LogP contribution is -2.34. The lowest BCUT2D eigenvalue weighted by atomic mass is 9.85. The molecule has 2 aliphatic carbocycles. The van der Waals surface area contributed by atoms with Gasteiger partial charge in [-0.15, -0.1) is 0 Å². The highest BCUT2D eigenvalue weighted by molar-refractivity contribution is 6.23. The number of ether oxygens (including phenoxy) is 1. The van der Waals surface area contributed by atoms with Gasteiger partial charge in [0.25, 0.3) is 0 Å². The van der Waals surface area contributed by atoms with E-state index in [1.54, 1.807) is 55.5 Å². The van der Waals surface area contributed by atoms with E-state index >= 15 is 0 Å². The van der Waals surface area contributed by atoms with Crippen LogP contribution in [-0.2, 0) is 9.59 Å². The molecule has 3 aliphatic rings. The van der Waals surface area contributed by atoms with Gasteiger partial charge < -0.3 is 4.74 Å². The van der Waals surface area contributed by atoms with Gasteiger partial charge in [0.2, 0.25) is 17.6 Å². The highest BCUT2D eigenvalue weighted by Crippen LogP contribution is 2.53. The maximum absolute atomic E-state index is 13.1. The minimum absolute atomic E-state index is 0.151. The summed E-state index contributed by atoms with van der Waals surface area (Å²) in [6.45, 7) is 1.68. The molecule has 29 heavy (non-hydrogen) atoms. The number of hydrogen-bond acceptors (Lipinski definition) is 4. The molecule has 1 saturated carbocycles. The van der Waals surface area contributed by atoms with Crippen molar-refractivity contribution in [3.63, 3.8) is 0 Å². The number of carbonyl (C=O) groups is 3. The highest BCUT2D eigenvalue weighted by Gasteiger charge is 2.59. The summed E-state index contributed by atoms with van der Waals surface area (Å²) in [6, 6.07) is 15.9. The predicted molar refractivity (Wildman–Crippen MR) is 108 cm³/mol. The number of amides is 2. The van der Waals surface area contributed by atoms with Crippen LogP contribution in [0.3, 0.4) is 0 Å². The van der Waals surface area contributed by atoms with Crippen LogP contribution in [0.5, 0.6) is 5.75 Å². The Morgan fingerprint density at radius 3 is 2.17 bits per heavy atom. The lowest BCUT2D eigenvalue weighted by molar-refractivity contribution is -0.123. The lowest BCUT2D eigenvalue weighted by Gasteiger charge is -2.22. The molecule has 5 heteroatoms. The molecule has 2 bridgehead atoms. The molecule has 1 heterocycles. The van der Waals surface area contributed by atoms with E-state index < -0.39 is 6.10 Å². The normalized spacial score (nSPS) is 28.0. The number of para-hydroxylation sites is 2. The molecule has 0 aromatic heterocycles. The van der Waals surface area contributed by atoms with E-state index in [-0.39, 0.29) is 41.3 Å². The first-order valence-electron chi connectivity index (χ1n) is 9.97. The van der Waals surface area contributed by atoms with E-state index in [4.69, 9.17) is 4.74 Å². The fraction of sp³-hybridized carbons (Fsp3) is 0.292. The van der Waals surface area contributed by atoms with Gasteiger partial charge in [-0.2, -0.15) is 0 Å². The second-order valence-corrected chi connectivity index (χ2v) is 7.97. The first-order valence-corrected chi connectivity index (χ1v) is 9.97. The van der Waals surface area contributed by atoms with Crippen molar-refractivity contribution in [2.45, 2.75) is 19.4 Å². The highest BCUT2D eigenvalue weighted by atomic mass is 16.5. The van der Waals surface area contributed by atoms with Crippen molar-refractivity contribution in [2.24, 2.45) is 23.7 Å². The monoisotopic (exact) mass is 387 g/mol. The topological polar surface area (TPSA) is 63.7 Å². The molecule has 0 spiro atoms. The van der Waals surface area contributed by atoms with Crippen LogP contribution in [0.1, 0.15) is 23.7 Å². The SMILES string of the molecule is C[C@H](Oc1ccccc1N1C(=O)[C@@H]2[C@@H](C1=O)[C@H]1C=C[C@H]2C1)C(=O)c1ccccc1. The van der Waals surface area contributed by atoms with Crippen molar-refractivity contribution < 1.29 is 19.1 Å². The summed E-state index contributed by atoms with van der Waals surface area (Å²) in [7, 11) is 0. The van der Waals surface area contributed by atoms with Crippen molar-refractivity contribution in [3.8, 4) is 5.75 Å². The standard InChI is InChI=1S/C24H21NO4/c1-14(22(26)15-7-3-2-4-8-15)29-19-10-6-5-9-18(19)25-23(27)20-16-11-12-17(13-16)21(20)24(25)28/h2-12,14,16-17,20-21H,13H2,1H3/t14-,16-,17-,20-,21-/m0/s1. The van der Waals surface area contributed by atoms with Crippen molar-refractivity contribution in [2.75, 3.05) is 4.90 Å². The summed E-state index contributed by atoms with van der Waals surface area (Å²) in [5.41, 5.74) is 0.979. The summed E-state index contributed by atoms with van der Waals surface area (Å²) < 4.78 is 5.95. The van der Waals surface area contributed by atoms with Crippen LogP contribution >= 0.6 is 0 Å². The smallest absolute Gasteiger partial charge is 0.238 e. The fourth-order valence-electron chi connectivity index (χ4n) is 4.96. The van der Waals surface area contributed by atoms with Crippen molar-refractivity contribution in [1.82, 2.24) is 0 Å². The van der Waals surface area contributed by atoms with Gasteiger partial charge in [0.15, 0.2) is 6.10 Å². The fourth-order valence-corrected chi connectivity index (χ4v) is 4.96. The largest absolute Gasteiger partial charge is 0.480 e. The molecule has 0 N–H and O–H groups in total. The number of ketones is 1. The molecule has 2 aromatic carbocycles. The van der Waals surface area contributed by atoms with E-state index in [1.165, 1.54) is 4.90 Å². The zero-order valence-corrected chi connectivity index (χ0v) is 16.0. The molecule has 2 fully saturated rings. The number of Topliss-reactive ketones (excluding diaryl/α,β-unsaturated/α-hetero) is 1. The summed E-state index contributed by atoms with van der Waals surface area (Å²) >= 11 is 0. The van der Waals surface area contributed by atoms with Crippen LogP contribution in [0, 0.1) is 23.7 Å². The van der Waals surface area contributed by atoms with Crippen LogP contribution in [0.15, 0.2) is 66.7 Å². The Kier molecular flexibility index (Phi) is 4.12. The van der Waals surface area contributed by atoms with Crippen LogP contribution in [0.2, 0.25) is 0 Å². The van der Waals surface area contributed by atoms with Crippen LogP contribution in [0.4, 0.5) is 5.69 Å². The molecule has 1 aliphatic heterocycles. The zero-order valence-electron chi connectivity index (χ0n) is 16.0. The minimum Gasteiger partial charge on any atom is -0.480 e. The minimum atomic E-state index is -0.747. The number of allylic oxidation sites excluding steroid dienone is 2. The first-order chi connectivity index (χ1) is 14.1. The number of carbonyl (C=O) groups excluding carboxylic acids is 3. The van der Waals surface area contributed by atoms with Crippen LogP contribution < -0.4 is 9.64 Å². The van der Waals surface area contributed by atoms with Gasteiger partial charge >= 0.3 is 0 Å². The second kappa shape index (κ2) is 6.69. The third-order valence-corrected chi connectivity index (χ3v) is 6.31. The van der Waals surface area contributed by atoms with Crippen LogP contribution in [0.25, 0.3) is 0 Å². The van der Waals surface area contributed by atoms with Gasteiger partial charge in [-0.1, -0.05) is 54.6 Å². The summed E-state index contributed by atoms with van der Waals surface area (Å²) in [4.78, 5) is 40.2. The number of rotatable bonds is 5. The Hall–Kier alpha value is -3.21. The summed E-state index contributed by atoms with van der Waals surface area (Å²) in [5.74, 6) is -0.339. The van der Waals surface area contributed by atoms with Crippen LogP contribution in [-0.4, -0.2) is 23.7 Å².